The van der Waals surface area contributed by atoms with Gasteiger partial charge in [-0.1, -0.05) is 12.8 Å². The third-order valence-corrected chi connectivity index (χ3v) is 4.50. The van der Waals surface area contributed by atoms with Crippen molar-refractivity contribution in [1.29, 1.82) is 0 Å². The lowest BCUT2D eigenvalue weighted by molar-refractivity contribution is -0.142. The predicted molar refractivity (Wildman–Crippen MR) is 73.9 cm³/mol. The highest BCUT2D eigenvalue weighted by Crippen LogP contribution is 2.29. The first-order chi connectivity index (χ1) is 9.11. The number of hydrogen-bond acceptors (Lipinski definition) is 5. The van der Waals surface area contributed by atoms with Crippen molar-refractivity contribution in [3.63, 3.8) is 0 Å². The van der Waals surface area contributed by atoms with Crippen molar-refractivity contribution in [2.24, 2.45) is 5.73 Å². The molecule has 0 aromatic rings. The molecule has 1 amide bonds. The Morgan fingerprint density at radius 2 is 1.90 bits per heavy atom. The summed E-state index contributed by atoms with van der Waals surface area (Å²) in [5, 5.41) is 11.4. The van der Waals surface area contributed by atoms with Crippen LogP contribution in [0.15, 0.2) is 0 Å². The van der Waals surface area contributed by atoms with E-state index in [9.17, 15) is 18.0 Å². The van der Waals surface area contributed by atoms with Gasteiger partial charge in [0.2, 0.25) is 5.91 Å². The van der Waals surface area contributed by atoms with Crippen molar-refractivity contribution in [1.82, 2.24) is 5.32 Å². The Morgan fingerprint density at radius 1 is 1.35 bits per heavy atom. The van der Waals surface area contributed by atoms with Gasteiger partial charge in [-0.15, -0.1) is 0 Å². The zero-order valence-corrected chi connectivity index (χ0v) is 12.4. The second kappa shape index (κ2) is 6.53. The summed E-state index contributed by atoms with van der Waals surface area (Å²) in [5.74, 6) is -1.95. The molecule has 0 radical (unpaired) electrons. The third-order valence-electron chi connectivity index (χ3n) is 3.52. The summed E-state index contributed by atoms with van der Waals surface area (Å²) in [6.07, 6.45) is 4.41. The summed E-state index contributed by atoms with van der Waals surface area (Å²) in [7, 11) is -3.26. The molecule has 4 N–H and O–H groups in total. The van der Waals surface area contributed by atoms with Gasteiger partial charge >= 0.3 is 5.97 Å². The molecule has 1 fully saturated rings. The molecule has 0 aromatic heterocycles. The summed E-state index contributed by atoms with van der Waals surface area (Å²) in [5.41, 5.74) is 5.50. The number of aliphatic carboxylic acids is 1. The Kier molecular flexibility index (Phi) is 5.52. The largest absolute Gasteiger partial charge is 0.480 e. The summed E-state index contributed by atoms with van der Waals surface area (Å²) in [4.78, 5) is 22.9. The van der Waals surface area contributed by atoms with E-state index < -0.39 is 33.3 Å². The average molecular weight is 306 g/mol. The molecule has 0 spiro atoms. The van der Waals surface area contributed by atoms with Gasteiger partial charge in [0.1, 0.15) is 15.9 Å². The highest BCUT2D eigenvalue weighted by Gasteiger charge is 2.33. The standard InChI is InChI=1S/C12H22N2O5S/c1-20(18,19)7-4-9(11(16)17)14-10(15)8-12(13)5-2-3-6-12/h9H,2-8,13H2,1H3,(H,14,15)(H,16,17). The van der Waals surface area contributed by atoms with Gasteiger partial charge in [-0.25, -0.2) is 13.2 Å². The van der Waals surface area contributed by atoms with Crippen molar-refractivity contribution in [2.75, 3.05) is 12.0 Å². The fraction of sp³-hybridized carbons (Fsp3) is 0.833. The van der Waals surface area contributed by atoms with Crippen molar-refractivity contribution >= 4 is 21.7 Å². The molecule has 1 saturated carbocycles. The van der Waals surface area contributed by atoms with Crippen LogP contribution in [0.1, 0.15) is 38.5 Å². The molecule has 0 aromatic carbocycles. The fourth-order valence-electron chi connectivity index (χ4n) is 2.41. The first-order valence-electron chi connectivity index (χ1n) is 6.60. The number of nitrogens with one attached hydrogen (secondary N) is 1. The maximum absolute atomic E-state index is 11.8. The van der Waals surface area contributed by atoms with E-state index in [1.165, 1.54) is 0 Å². The zero-order chi connectivity index (χ0) is 15.4. The lowest BCUT2D eigenvalue weighted by Gasteiger charge is -2.24. The first kappa shape index (κ1) is 16.9. The van der Waals surface area contributed by atoms with E-state index in [-0.39, 0.29) is 18.6 Å². The van der Waals surface area contributed by atoms with Gasteiger partial charge < -0.3 is 16.2 Å². The highest BCUT2D eigenvalue weighted by atomic mass is 32.2. The minimum absolute atomic E-state index is 0.0790. The van der Waals surface area contributed by atoms with E-state index in [1.54, 1.807) is 0 Å². The lowest BCUT2D eigenvalue weighted by atomic mass is 9.94. The summed E-state index contributed by atoms with van der Waals surface area (Å²) in [6.45, 7) is 0. The molecule has 20 heavy (non-hydrogen) atoms. The minimum Gasteiger partial charge on any atom is -0.480 e. The zero-order valence-electron chi connectivity index (χ0n) is 11.6. The molecular formula is C12H22N2O5S. The Hall–Kier alpha value is -1.15. The highest BCUT2D eigenvalue weighted by molar-refractivity contribution is 7.90. The number of rotatable bonds is 7. The van der Waals surface area contributed by atoms with E-state index in [1.807, 2.05) is 0 Å². The predicted octanol–water partition coefficient (Wildman–Crippen LogP) is -0.348. The third kappa shape index (κ3) is 5.87. The quantitative estimate of drug-likeness (QED) is 0.590. The average Bonchev–Trinajstić information content (AvgIpc) is 2.69. The molecule has 1 aliphatic rings. The minimum atomic E-state index is -3.26. The van der Waals surface area contributed by atoms with E-state index in [4.69, 9.17) is 10.8 Å². The maximum atomic E-state index is 11.8. The lowest BCUT2D eigenvalue weighted by Crippen LogP contribution is -2.47. The van der Waals surface area contributed by atoms with Gasteiger partial charge in [0.15, 0.2) is 0 Å². The van der Waals surface area contributed by atoms with Crippen LogP contribution < -0.4 is 11.1 Å². The Labute approximate surface area is 118 Å². The number of sulfone groups is 1. The van der Waals surface area contributed by atoms with Crippen LogP contribution in [0.2, 0.25) is 0 Å². The summed E-state index contributed by atoms with van der Waals surface area (Å²) in [6, 6.07) is -1.19. The van der Waals surface area contributed by atoms with Crippen LogP contribution in [-0.4, -0.2) is 49.0 Å². The molecule has 8 heteroatoms. The van der Waals surface area contributed by atoms with Crippen LogP contribution in [0.25, 0.3) is 0 Å². The molecule has 0 aliphatic heterocycles. The number of carbonyl (C=O) groups is 2. The fourth-order valence-corrected chi connectivity index (χ4v) is 3.07. The molecule has 1 aliphatic carbocycles. The Morgan fingerprint density at radius 3 is 2.35 bits per heavy atom. The molecule has 0 saturated heterocycles. The van der Waals surface area contributed by atoms with E-state index in [0.29, 0.717) is 0 Å². The first-order valence-corrected chi connectivity index (χ1v) is 8.66. The van der Waals surface area contributed by atoms with Crippen molar-refractivity contribution in [2.45, 2.75) is 50.1 Å². The van der Waals surface area contributed by atoms with Crippen LogP contribution in [-0.2, 0) is 19.4 Å². The molecule has 1 rings (SSSR count). The number of carbonyl (C=O) groups excluding carboxylic acids is 1. The van der Waals surface area contributed by atoms with Crippen LogP contribution in [0.5, 0.6) is 0 Å². The van der Waals surface area contributed by atoms with Gasteiger partial charge in [-0.2, -0.15) is 0 Å². The second-order valence-corrected chi connectivity index (χ2v) is 7.88. The van der Waals surface area contributed by atoms with E-state index >= 15 is 0 Å². The summed E-state index contributed by atoms with van der Waals surface area (Å²) < 4.78 is 22.1. The van der Waals surface area contributed by atoms with Crippen LogP contribution >= 0.6 is 0 Å². The van der Waals surface area contributed by atoms with Crippen LogP contribution in [0, 0.1) is 0 Å². The molecule has 116 valence electrons. The van der Waals surface area contributed by atoms with Crippen molar-refractivity contribution < 1.29 is 23.1 Å². The molecular weight excluding hydrogens is 284 g/mol. The molecule has 7 nitrogen and oxygen atoms in total. The van der Waals surface area contributed by atoms with Gasteiger partial charge in [-0.05, 0) is 19.3 Å². The van der Waals surface area contributed by atoms with E-state index in [2.05, 4.69) is 5.32 Å². The maximum Gasteiger partial charge on any atom is 0.326 e. The van der Waals surface area contributed by atoms with Gasteiger partial charge in [0.05, 0.1) is 5.75 Å². The van der Waals surface area contributed by atoms with Crippen LogP contribution in [0.3, 0.4) is 0 Å². The summed E-state index contributed by atoms with van der Waals surface area (Å²) >= 11 is 0. The molecule has 0 bridgehead atoms. The smallest absolute Gasteiger partial charge is 0.326 e. The topological polar surface area (TPSA) is 127 Å². The van der Waals surface area contributed by atoms with Gasteiger partial charge in [0, 0.05) is 18.2 Å². The molecule has 0 heterocycles. The Balaban J connectivity index is 2.52. The normalized spacial score (nSPS) is 19.5. The van der Waals surface area contributed by atoms with E-state index in [0.717, 1.165) is 31.9 Å². The number of amides is 1. The Bertz CT molecular complexity index is 468. The van der Waals surface area contributed by atoms with Gasteiger partial charge in [0.25, 0.3) is 0 Å². The van der Waals surface area contributed by atoms with Crippen molar-refractivity contribution in [3.05, 3.63) is 0 Å². The number of carboxylic acid groups (broad SMARTS) is 1. The SMILES string of the molecule is CS(=O)(=O)CCC(NC(=O)CC1(N)CCCC1)C(=O)O. The number of carboxylic acids is 1. The number of hydrogen-bond donors (Lipinski definition) is 3. The second-order valence-electron chi connectivity index (χ2n) is 5.62. The van der Waals surface area contributed by atoms with Gasteiger partial charge in [-0.3, -0.25) is 4.79 Å². The van der Waals surface area contributed by atoms with Crippen LogP contribution in [0.4, 0.5) is 0 Å². The molecule has 1 atom stereocenters. The molecule has 1 unspecified atom stereocenters. The number of nitrogens with two attached hydrogens (primary N) is 1. The monoisotopic (exact) mass is 306 g/mol. The van der Waals surface area contributed by atoms with Crippen molar-refractivity contribution in [3.8, 4) is 0 Å².